The summed E-state index contributed by atoms with van der Waals surface area (Å²) in [5.74, 6) is 0. The average molecular weight is 319 g/mol. The molecule has 1 aromatic carbocycles. The highest BCUT2D eigenvalue weighted by atomic mass is 16.3. The molecule has 2 N–H and O–H groups in total. The Morgan fingerprint density at radius 2 is 2.04 bits per heavy atom. The first-order valence-corrected chi connectivity index (χ1v) is 8.85. The normalized spacial score (nSPS) is 13.1. The highest BCUT2D eigenvalue weighted by Gasteiger charge is 1.99. The molecule has 1 rings (SSSR count). The molecule has 0 aliphatic carbocycles. The summed E-state index contributed by atoms with van der Waals surface area (Å²) in [4.78, 5) is 6.70. The van der Waals surface area contributed by atoms with Crippen LogP contribution in [0, 0.1) is 0 Å². The van der Waals surface area contributed by atoms with Crippen LogP contribution >= 0.6 is 0 Å². The molecular formula is C19H33N3O. The Hall–Kier alpha value is -1.23. The van der Waals surface area contributed by atoms with E-state index in [4.69, 9.17) is 0 Å². The molecule has 1 atom stereocenters. The maximum Gasteiger partial charge on any atom is 0.0707 e. The first-order valence-electron chi connectivity index (χ1n) is 8.85. The van der Waals surface area contributed by atoms with Crippen molar-refractivity contribution in [3.05, 3.63) is 35.4 Å². The van der Waals surface area contributed by atoms with Gasteiger partial charge in [-0.25, -0.2) is 0 Å². The number of aliphatic hydroxyl groups excluding tert-OH is 1. The van der Waals surface area contributed by atoms with Gasteiger partial charge in [-0.3, -0.25) is 4.99 Å². The lowest BCUT2D eigenvalue weighted by Crippen LogP contribution is -2.25. The van der Waals surface area contributed by atoms with Crippen molar-refractivity contribution in [2.75, 3.05) is 32.7 Å². The van der Waals surface area contributed by atoms with Gasteiger partial charge in [0.15, 0.2) is 0 Å². The number of rotatable bonds is 12. The number of hydrogen-bond donors (Lipinski definition) is 2. The third-order valence-electron chi connectivity index (χ3n) is 3.86. The van der Waals surface area contributed by atoms with Crippen molar-refractivity contribution in [3.8, 4) is 0 Å². The van der Waals surface area contributed by atoms with E-state index >= 15 is 0 Å². The lowest BCUT2D eigenvalue weighted by atomic mass is 10.1. The van der Waals surface area contributed by atoms with Crippen LogP contribution in [0.2, 0.25) is 0 Å². The molecule has 0 amide bonds. The molecular weight excluding hydrogens is 286 g/mol. The molecule has 23 heavy (non-hydrogen) atoms. The van der Waals surface area contributed by atoms with Gasteiger partial charge < -0.3 is 15.3 Å². The summed E-state index contributed by atoms with van der Waals surface area (Å²) in [6.07, 6.45) is 3.92. The van der Waals surface area contributed by atoms with Gasteiger partial charge in [0.05, 0.1) is 12.6 Å². The maximum atomic E-state index is 9.21. The van der Waals surface area contributed by atoms with Crippen molar-refractivity contribution in [3.63, 3.8) is 0 Å². The van der Waals surface area contributed by atoms with E-state index in [1.807, 2.05) is 12.3 Å². The Balaban J connectivity index is 2.23. The molecule has 0 aliphatic heterocycles. The topological polar surface area (TPSA) is 47.9 Å². The van der Waals surface area contributed by atoms with Gasteiger partial charge in [0, 0.05) is 12.8 Å². The van der Waals surface area contributed by atoms with Crippen LogP contribution in [0.5, 0.6) is 0 Å². The Bertz CT molecular complexity index is 442. The van der Waals surface area contributed by atoms with E-state index < -0.39 is 0 Å². The summed E-state index contributed by atoms with van der Waals surface area (Å²) in [7, 11) is 0. The van der Waals surface area contributed by atoms with Crippen molar-refractivity contribution < 1.29 is 5.11 Å². The zero-order valence-electron chi connectivity index (χ0n) is 15.0. The number of hydrogen-bond acceptors (Lipinski definition) is 4. The molecule has 4 nitrogen and oxygen atoms in total. The van der Waals surface area contributed by atoms with Crippen LogP contribution in [0.15, 0.2) is 29.3 Å². The highest BCUT2D eigenvalue weighted by molar-refractivity contribution is 5.79. The molecule has 0 aromatic heterocycles. The summed E-state index contributed by atoms with van der Waals surface area (Å²) in [6, 6.07) is 8.38. The predicted octanol–water partition coefficient (Wildman–Crippen LogP) is 2.70. The van der Waals surface area contributed by atoms with E-state index in [-0.39, 0.29) is 6.10 Å². The number of unbranched alkanes of at least 4 members (excludes halogenated alkanes) is 1. The molecule has 0 heterocycles. The molecule has 0 saturated carbocycles. The van der Waals surface area contributed by atoms with Gasteiger partial charge in [-0.05, 0) is 63.1 Å². The van der Waals surface area contributed by atoms with Crippen LogP contribution < -0.4 is 5.32 Å². The van der Waals surface area contributed by atoms with Gasteiger partial charge in [0.25, 0.3) is 0 Å². The molecule has 4 heteroatoms. The fourth-order valence-electron chi connectivity index (χ4n) is 2.45. The van der Waals surface area contributed by atoms with E-state index in [1.54, 1.807) is 6.92 Å². The third kappa shape index (κ3) is 9.49. The SMILES string of the molecule is CCN(CC)CCCCNCc1cccc(/C=N/CC(C)O)c1. The minimum Gasteiger partial charge on any atom is -0.391 e. The standard InChI is InChI=1S/C19H33N3O/c1-4-22(5-2)12-7-6-11-20-15-18-9-8-10-19(13-18)16-21-14-17(3)23/h8-10,13,16-17,20,23H,4-7,11-12,14-15H2,1-3H3/b21-16+. The summed E-state index contributed by atoms with van der Waals surface area (Å²) in [5.41, 5.74) is 2.36. The quantitative estimate of drug-likeness (QED) is 0.460. The van der Waals surface area contributed by atoms with E-state index in [1.165, 1.54) is 24.9 Å². The van der Waals surface area contributed by atoms with E-state index in [0.29, 0.717) is 6.54 Å². The van der Waals surface area contributed by atoms with Crippen LogP contribution in [0.25, 0.3) is 0 Å². The van der Waals surface area contributed by atoms with E-state index in [9.17, 15) is 5.11 Å². The molecule has 1 unspecified atom stereocenters. The van der Waals surface area contributed by atoms with E-state index in [2.05, 4.69) is 47.3 Å². The van der Waals surface area contributed by atoms with Crippen molar-refractivity contribution in [1.29, 1.82) is 0 Å². The molecule has 1 aromatic rings. The van der Waals surface area contributed by atoms with Gasteiger partial charge in [-0.2, -0.15) is 0 Å². The maximum absolute atomic E-state index is 9.21. The average Bonchev–Trinajstić information content (AvgIpc) is 2.54. The zero-order chi connectivity index (χ0) is 16.9. The first-order chi connectivity index (χ1) is 11.2. The predicted molar refractivity (Wildman–Crippen MR) is 99.3 cm³/mol. The minimum atomic E-state index is -0.382. The van der Waals surface area contributed by atoms with Crippen molar-refractivity contribution in [2.45, 2.75) is 46.3 Å². The summed E-state index contributed by atoms with van der Waals surface area (Å²) in [5, 5.41) is 12.7. The van der Waals surface area contributed by atoms with Crippen LogP contribution in [0.1, 0.15) is 44.7 Å². The van der Waals surface area contributed by atoms with Crippen molar-refractivity contribution in [1.82, 2.24) is 10.2 Å². The largest absolute Gasteiger partial charge is 0.391 e. The van der Waals surface area contributed by atoms with Crippen LogP contribution in [0.3, 0.4) is 0 Å². The number of nitrogens with one attached hydrogen (secondary N) is 1. The lowest BCUT2D eigenvalue weighted by Gasteiger charge is -2.17. The number of aliphatic hydroxyl groups is 1. The fourth-order valence-corrected chi connectivity index (χ4v) is 2.45. The molecule has 0 radical (unpaired) electrons. The second-order valence-corrected chi connectivity index (χ2v) is 6.00. The summed E-state index contributed by atoms with van der Waals surface area (Å²) >= 11 is 0. The summed E-state index contributed by atoms with van der Waals surface area (Å²) < 4.78 is 0. The molecule has 0 fully saturated rings. The van der Waals surface area contributed by atoms with Crippen LogP contribution in [-0.4, -0.2) is 55.0 Å². The Morgan fingerprint density at radius 3 is 2.74 bits per heavy atom. The number of nitrogens with zero attached hydrogens (tertiary/aromatic N) is 2. The second-order valence-electron chi connectivity index (χ2n) is 6.00. The van der Waals surface area contributed by atoms with E-state index in [0.717, 1.165) is 31.7 Å². The first kappa shape index (κ1) is 19.8. The number of benzene rings is 1. The zero-order valence-corrected chi connectivity index (χ0v) is 15.0. The smallest absolute Gasteiger partial charge is 0.0707 e. The third-order valence-corrected chi connectivity index (χ3v) is 3.86. The van der Waals surface area contributed by atoms with Gasteiger partial charge in [-0.15, -0.1) is 0 Å². The minimum absolute atomic E-state index is 0.382. The molecule has 0 aliphatic rings. The highest BCUT2D eigenvalue weighted by Crippen LogP contribution is 2.03. The van der Waals surface area contributed by atoms with Crippen molar-refractivity contribution in [2.24, 2.45) is 4.99 Å². The molecule has 0 bridgehead atoms. The van der Waals surface area contributed by atoms with Gasteiger partial charge in [0.1, 0.15) is 0 Å². The van der Waals surface area contributed by atoms with Gasteiger partial charge in [-0.1, -0.05) is 32.0 Å². The monoisotopic (exact) mass is 319 g/mol. The van der Waals surface area contributed by atoms with Gasteiger partial charge >= 0.3 is 0 Å². The number of aliphatic imine (C=N–C) groups is 1. The Kier molecular flexibility index (Phi) is 10.5. The molecule has 130 valence electrons. The summed E-state index contributed by atoms with van der Waals surface area (Å²) in [6.45, 7) is 12.1. The molecule has 0 saturated heterocycles. The Morgan fingerprint density at radius 1 is 1.26 bits per heavy atom. The van der Waals surface area contributed by atoms with Crippen LogP contribution in [-0.2, 0) is 6.54 Å². The Labute approximate surface area is 141 Å². The molecule has 0 spiro atoms. The van der Waals surface area contributed by atoms with Crippen molar-refractivity contribution >= 4 is 6.21 Å². The second kappa shape index (κ2) is 12.2. The van der Waals surface area contributed by atoms with Gasteiger partial charge in [0.2, 0.25) is 0 Å². The fraction of sp³-hybridized carbons (Fsp3) is 0.632. The van der Waals surface area contributed by atoms with Crippen LogP contribution in [0.4, 0.5) is 0 Å². The lowest BCUT2D eigenvalue weighted by molar-refractivity contribution is 0.204.